The molecule has 0 spiro atoms. The molecule has 1 N–H and O–H groups in total. The molecule has 1 aromatic heterocycles. The molecular formula is C24H33N3O2. The molecule has 1 aliphatic carbocycles. The van der Waals surface area contributed by atoms with Gasteiger partial charge in [-0.05, 0) is 44.2 Å². The summed E-state index contributed by atoms with van der Waals surface area (Å²) < 4.78 is 2.05. The van der Waals surface area contributed by atoms with Crippen molar-refractivity contribution in [2.45, 2.75) is 77.4 Å². The third kappa shape index (κ3) is 3.67. The summed E-state index contributed by atoms with van der Waals surface area (Å²) in [5, 5.41) is 4.34. The molecule has 2 aromatic rings. The van der Waals surface area contributed by atoms with Crippen molar-refractivity contribution in [1.82, 2.24) is 14.8 Å². The summed E-state index contributed by atoms with van der Waals surface area (Å²) in [4.78, 5) is 28.9. The molecule has 0 bridgehead atoms. The number of aromatic nitrogens is 1. The summed E-state index contributed by atoms with van der Waals surface area (Å²) in [5.74, 6) is 0.431. The Kier molecular flexibility index (Phi) is 5.41. The van der Waals surface area contributed by atoms with Gasteiger partial charge in [0.25, 0.3) is 5.91 Å². The van der Waals surface area contributed by atoms with Crippen LogP contribution in [0.15, 0.2) is 30.3 Å². The van der Waals surface area contributed by atoms with Crippen LogP contribution in [0.5, 0.6) is 0 Å². The van der Waals surface area contributed by atoms with E-state index < -0.39 is 5.54 Å². The Balaban J connectivity index is 1.70. The molecule has 0 radical (unpaired) electrons. The van der Waals surface area contributed by atoms with Gasteiger partial charge in [0.1, 0.15) is 11.2 Å². The number of hydrogen-bond donors (Lipinski definition) is 1. The lowest BCUT2D eigenvalue weighted by Gasteiger charge is -2.45. The molecule has 29 heavy (non-hydrogen) atoms. The van der Waals surface area contributed by atoms with E-state index in [1.165, 1.54) is 19.3 Å². The van der Waals surface area contributed by atoms with Crippen molar-refractivity contribution in [2.24, 2.45) is 5.92 Å². The highest BCUT2D eigenvalue weighted by atomic mass is 16.2. The van der Waals surface area contributed by atoms with Crippen LogP contribution in [0.2, 0.25) is 0 Å². The zero-order chi connectivity index (χ0) is 20.6. The molecule has 1 aliphatic heterocycles. The Morgan fingerprint density at radius 2 is 1.93 bits per heavy atom. The van der Waals surface area contributed by atoms with Gasteiger partial charge in [0.05, 0.1) is 6.54 Å². The van der Waals surface area contributed by atoms with Gasteiger partial charge in [-0.2, -0.15) is 0 Å². The largest absolute Gasteiger partial charge is 0.351 e. The van der Waals surface area contributed by atoms with Crippen molar-refractivity contribution in [2.75, 3.05) is 6.54 Å². The topological polar surface area (TPSA) is 54.3 Å². The SMILES string of the molecule is CC(C)CCN1C(=O)c2cc3ccccc3n2CC1(C)C(=O)NC1CCCCC1. The second-order valence-corrected chi connectivity index (χ2v) is 9.40. The van der Waals surface area contributed by atoms with E-state index >= 15 is 0 Å². The van der Waals surface area contributed by atoms with E-state index in [4.69, 9.17) is 0 Å². The van der Waals surface area contributed by atoms with Crippen molar-refractivity contribution < 1.29 is 9.59 Å². The van der Waals surface area contributed by atoms with E-state index in [0.717, 1.165) is 30.2 Å². The second kappa shape index (κ2) is 7.85. The average Bonchev–Trinajstić information content (AvgIpc) is 3.07. The molecule has 1 unspecified atom stereocenters. The normalized spacial score (nSPS) is 22.9. The van der Waals surface area contributed by atoms with Crippen LogP contribution in [0.1, 0.15) is 69.8 Å². The summed E-state index contributed by atoms with van der Waals surface area (Å²) in [5.41, 5.74) is 0.840. The highest BCUT2D eigenvalue weighted by Crippen LogP contribution is 2.33. The van der Waals surface area contributed by atoms with Gasteiger partial charge in [-0.15, -0.1) is 0 Å². The van der Waals surface area contributed by atoms with Gasteiger partial charge in [0.15, 0.2) is 0 Å². The third-order valence-electron chi connectivity index (χ3n) is 6.70. The van der Waals surface area contributed by atoms with Gasteiger partial charge in [-0.25, -0.2) is 0 Å². The van der Waals surface area contributed by atoms with Gasteiger partial charge in [0.2, 0.25) is 5.91 Å². The zero-order valence-electron chi connectivity index (χ0n) is 17.9. The fourth-order valence-corrected chi connectivity index (χ4v) is 4.83. The second-order valence-electron chi connectivity index (χ2n) is 9.40. The zero-order valence-corrected chi connectivity index (χ0v) is 17.9. The fraction of sp³-hybridized carbons (Fsp3) is 0.583. The van der Waals surface area contributed by atoms with Gasteiger partial charge in [-0.3, -0.25) is 9.59 Å². The number of fused-ring (bicyclic) bond motifs is 3. The molecule has 1 atom stereocenters. The number of para-hydroxylation sites is 1. The third-order valence-corrected chi connectivity index (χ3v) is 6.70. The fourth-order valence-electron chi connectivity index (χ4n) is 4.83. The van der Waals surface area contributed by atoms with E-state index in [0.29, 0.717) is 24.7 Å². The number of amides is 2. The van der Waals surface area contributed by atoms with E-state index in [2.05, 4.69) is 19.2 Å². The number of nitrogens with zero attached hydrogens (tertiary/aromatic N) is 2. The first-order valence-electron chi connectivity index (χ1n) is 11.1. The minimum Gasteiger partial charge on any atom is -0.351 e. The van der Waals surface area contributed by atoms with Crippen molar-refractivity contribution in [3.8, 4) is 0 Å². The van der Waals surface area contributed by atoms with Gasteiger partial charge < -0.3 is 14.8 Å². The smallest absolute Gasteiger partial charge is 0.271 e. The monoisotopic (exact) mass is 395 g/mol. The Morgan fingerprint density at radius 3 is 2.66 bits per heavy atom. The lowest BCUT2D eigenvalue weighted by Crippen LogP contribution is -2.65. The molecule has 5 nitrogen and oxygen atoms in total. The molecule has 2 heterocycles. The molecule has 2 aliphatic rings. The quantitative estimate of drug-likeness (QED) is 0.818. The van der Waals surface area contributed by atoms with Crippen LogP contribution >= 0.6 is 0 Å². The molecule has 0 saturated heterocycles. The Morgan fingerprint density at radius 1 is 1.21 bits per heavy atom. The molecule has 1 saturated carbocycles. The summed E-state index contributed by atoms with van der Waals surface area (Å²) in [6, 6.07) is 10.3. The Bertz CT molecular complexity index is 910. The van der Waals surface area contributed by atoms with Crippen LogP contribution in [0.25, 0.3) is 10.9 Å². The Labute approximate surface area is 173 Å². The van der Waals surface area contributed by atoms with Crippen molar-refractivity contribution >= 4 is 22.7 Å². The summed E-state index contributed by atoms with van der Waals surface area (Å²) in [6.45, 7) is 7.36. The van der Waals surface area contributed by atoms with E-state index in [1.54, 1.807) is 0 Å². The first-order chi connectivity index (χ1) is 13.9. The molecule has 1 aromatic carbocycles. The van der Waals surface area contributed by atoms with Crippen LogP contribution in [-0.2, 0) is 11.3 Å². The predicted octanol–water partition coefficient (Wildman–Crippen LogP) is 4.35. The first kappa shape index (κ1) is 20.0. The number of nitrogens with one attached hydrogen (secondary N) is 1. The minimum atomic E-state index is -0.877. The molecule has 1 fully saturated rings. The molecular weight excluding hydrogens is 362 g/mol. The van der Waals surface area contributed by atoms with Gasteiger partial charge >= 0.3 is 0 Å². The van der Waals surface area contributed by atoms with Crippen LogP contribution in [0.3, 0.4) is 0 Å². The predicted molar refractivity (Wildman–Crippen MR) is 116 cm³/mol. The van der Waals surface area contributed by atoms with Crippen LogP contribution in [0, 0.1) is 5.92 Å². The standard InChI is InChI=1S/C24H33N3O2/c1-17(2)13-14-27-22(28)21-15-18-9-7-8-12-20(18)26(21)16-24(27,3)23(29)25-19-10-5-4-6-11-19/h7-9,12,15,17,19H,4-6,10-11,13-14,16H2,1-3H3,(H,25,29). The molecule has 156 valence electrons. The highest BCUT2D eigenvalue weighted by molar-refractivity contribution is 6.03. The lowest BCUT2D eigenvalue weighted by molar-refractivity contribution is -0.133. The maximum atomic E-state index is 13.5. The van der Waals surface area contributed by atoms with Gasteiger partial charge in [-0.1, -0.05) is 51.3 Å². The maximum Gasteiger partial charge on any atom is 0.271 e. The minimum absolute atomic E-state index is 0.00932. The molecule has 5 heteroatoms. The lowest BCUT2D eigenvalue weighted by atomic mass is 9.91. The average molecular weight is 396 g/mol. The summed E-state index contributed by atoms with van der Waals surface area (Å²) in [6.07, 6.45) is 6.56. The number of hydrogen-bond acceptors (Lipinski definition) is 2. The highest BCUT2D eigenvalue weighted by Gasteiger charge is 2.47. The summed E-state index contributed by atoms with van der Waals surface area (Å²) >= 11 is 0. The summed E-state index contributed by atoms with van der Waals surface area (Å²) in [7, 11) is 0. The first-order valence-corrected chi connectivity index (χ1v) is 11.1. The number of benzene rings is 1. The van der Waals surface area contributed by atoms with Crippen LogP contribution < -0.4 is 5.32 Å². The van der Waals surface area contributed by atoms with Crippen molar-refractivity contribution in [3.05, 3.63) is 36.0 Å². The van der Waals surface area contributed by atoms with E-state index in [1.807, 2.05) is 46.7 Å². The van der Waals surface area contributed by atoms with E-state index in [9.17, 15) is 9.59 Å². The van der Waals surface area contributed by atoms with E-state index in [-0.39, 0.29) is 17.9 Å². The van der Waals surface area contributed by atoms with Crippen molar-refractivity contribution in [1.29, 1.82) is 0 Å². The molecule has 4 rings (SSSR count). The van der Waals surface area contributed by atoms with Crippen LogP contribution in [0.4, 0.5) is 0 Å². The molecule has 2 amide bonds. The van der Waals surface area contributed by atoms with Gasteiger partial charge in [0, 0.05) is 23.5 Å². The van der Waals surface area contributed by atoms with Crippen LogP contribution in [-0.4, -0.2) is 39.4 Å². The number of carbonyl (C=O) groups is 2. The van der Waals surface area contributed by atoms with Crippen molar-refractivity contribution in [3.63, 3.8) is 0 Å². The Hall–Kier alpha value is -2.30. The number of carbonyl (C=O) groups excluding carboxylic acids is 2. The maximum absolute atomic E-state index is 13.5. The number of rotatable bonds is 5.